The van der Waals surface area contributed by atoms with E-state index >= 15 is 4.79 Å². The first-order valence-electron chi connectivity index (χ1n) is 23.4. The maximum atomic E-state index is 15.6. The zero-order valence-electron chi connectivity index (χ0n) is 37.5. The van der Waals surface area contributed by atoms with Crippen LogP contribution in [0.4, 0.5) is 0 Å². The zero-order valence-corrected chi connectivity index (χ0v) is 38.3. The van der Waals surface area contributed by atoms with Gasteiger partial charge < -0.3 is 19.7 Å². The lowest BCUT2D eigenvalue weighted by Gasteiger charge is -2.73. The Morgan fingerprint density at radius 2 is 1.58 bits per heavy atom. The van der Waals surface area contributed by atoms with Crippen LogP contribution in [0.1, 0.15) is 151 Å². The normalized spacial score (nSPS) is 42.5. The maximum absolute atomic E-state index is 15.6. The number of imidazole rings is 1. The molecule has 0 unspecified atom stereocenters. The average Bonchev–Trinajstić information content (AvgIpc) is 3.95. The first-order valence-corrected chi connectivity index (χ1v) is 23.8. The van der Waals surface area contributed by atoms with Gasteiger partial charge in [-0.1, -0.05) is 84.4 Å². The summed E-state index contributed by atoms with van der Waals surface area (Å²) in [6, 6.07) is 7.78. The van der Waals surface area contributed by atoms with E-state index in [4.69, 9.17) is 21.3 Å². The van der Waals surface area contributed by atoms with Crippen molar-refractivity contribution >= 4 is 29.4 Å². The van der Waals surface area contributed by atoms with Gasteiger partial charge in [-0.15, -0.1) is 0 Å². The molecule has 0 spiro atoms. The SMILES string of the molecule is C=C(C)[C@@H]1CC[C@]2(C(=O)N3CCC[C@H]3c3ncc(-c4ccc(Cl)cc4)[nH]3)CC[C@]3(C)[C@H](CC[C@@H]4[C@@]5(C)CC[C@H](OC(=O)[C@H]6C[C@@H](C(=O)O)C6(C)C)C(C)(C)[C@@H]5CC[C@]43C)[C@@H]12. The molecule has 13 atom stereocenters. The molecule has 7 aliphatic rings. The fourth-order valence-corrected chi connectivity index (χ4v) is 16.7. The monoisotopic (exact) mass is 840 g/mol. The van der Waals surface area contributed by atoms with Crippen LogP contribution in [0.3, 0.4) is 0 Å². The largest absolute Gasteiger partial charge is 0.481 e. The molecule has 1 saturated heterocycles. The number of carboxylic acid groups (broad SMARTS) is 1. The van der Waals surface area contributed by atoms with E-state index in [1.165, 1.54) is 12.0 Å². The summed E-state index contributed by atoms with van der Waals surface area (Å²) in [6.07, 6.45) is 14.5. The van der Waals surface area contributed by atoms with Gasteiger partial charge >= 0.3 is 11.9 Å². The second-order valence-electron chi connectivity index (χ2n) is 23.0. The highest BCUT2D eigenvalue weighted by Crippen LogP contribution is 2.78. The van der Waals surface area contributed by atoms with Crippen LogP contribution in [0.15, 0.2) is 42.6 Å². The van der Waals surface area contributed by atoms with E-state index in [1.807, 2.05) is 44.3 Å². The van der Waals surface area contributed by atoms with E-state index < -0.39 is 17.3 Å². The summed E-state index contributed by atoms with van der Waals surface area (Å²) < 4.78 is 6.47. The van der Waals surface area contributed by atoms with E-state index in [1.54, 1.807) is 0 Å². The van der Waals surface area contributed by atoms with Gasteiger partial charge in [0.2, 0.25) is 5.91 Å². The van der Waals surface area contributed by atoms with Gasteiger partial charge in [0.25, 0.3) is 0 Å². The summed E-state index contributed by atoms with van der Waals surface area (Å²) in [5, 5.41) is 10.4. The van der Waals surface area contributed by atoms with E-state index in [0.717, 1.165) is 94.3 Å². The molecule has 60 heavy (non-hydrogen) atoms. The minimum absolute atomic E-state index is 0.0473. The first kappa shape index (κ1) is 42.2. The van der Waals surface area contributed by atoms with Crippen LogP contribution in [0.25, 0.3) is 11.3 Å². The number of hydrogen-bond donors (Lipinski definition) is 2. The molecule has 7 fully saturated rings. The Balaban J connectivity index is 0.965. The van der Waals surface area contributed by atoms with E-state index in [2.05, 4.69) is 58.0 Å². The summed E-state index contributed by atoms with van der Waals surface area (Å²) in [4.78, 5) is 51.8. The number of carbonyl (C=O) groups excluding carboxylic acids is 2. The van der Waals surface area contributed by atoms with Crippen LogP contribution in [0.2, 0.25) is 5.02 Å². The van der Waals surface area contributed by atoms with Crippen LogP contribution < -0.4 is 0 Å². The Bertz CT molecular complexity index is 2070. The van der Waals surface area contributed by atoms with Crippen molar-refractivity contribution in [3.8, 4) is 11.3 Å². The summed E-state index contributed by atoms with van der Waals surface area (Å²) in [5.74, 6) is 1.41. The number of H-pyrrole nitrogens is 1. The maximum Gasteiger partial charge on any atom is 0.309 e. The number of fused-ring (bicyclic) bond motifs is 7. The third kappa shape index (κ3) is 5.86. The molecule has 1 aromatic carbocycles. The fourth-order valence-electron chi connectivity index (χ4n) is 16.5. The Kier molecular flexibility index (Phi) is 9.98. The molecule has 0 bridgehead atoms. The number of ether oxygens (including phenoxy) is 1. The average molecular weight is 841 g/mol. The summed E-state index contributed by atoms with van der Waals surface area (Å²) in [6.45, 7) is 24.0. The highest BCUT2D eigenvalue weighted by atomic mass is 35.5. The van der Waals surface area contributed by atoms with Crippen molar-refractivity contribution in [2.24, 2.45) is 73.9 Å². The van der Waals surface area contributed by atoms with Crippen molar-refractivity contribution in [2.75, 3.05) is 6.54 Å². The number of nitrogens with zero attached hydrogens (tertiary/aromatic N) is 2. The van der Waals surface area contributed by atoms with E-state index in [0.29, 0.717) is 41.0 Å². The lowest BCUT2D eigenvalue weighted by Crippen LogP contribution is -2.67. The third-order valence-electron chi connectivity index (χ3n) is 20.1. The number of rotatable bonds is 7. The Morgan fingerprint density at radius 3 is 2.27 bits per heavy atom. The van der Waals surface area contributed by atoms with Crippen LogP contribution >= 0.6 is 11.6 Å². The van der Waals surface area contributed by atoms with Gasteiger partial charge in [0, 0.05) is 17.0 Å². The molecule has 2 N–H and O–H groups in total. The highest BCUT2D eigenvalue weighted by molar-refractivity contribution is 6.30. The molecule has 1 amide bonds. The molecule has 6 aliphatic carbocycles. The summed E-state index contributed by atoms with van der Waals surface area (Å²) in [5.41, 5.74) is 2.41. The lowest BCUT2D eigenvalue weighted by molar-refractivity contribution is -0.251. The molecule has 2 aromatic rings. The number of carbonyl (C=O) groups is 3. The molecule has 6 saturated carbocycles. The fraction of sp³-hybridized carbons (Fsp3) is 0.725. The van der Waals surface area contributed by atoms with E-state index in [9.17, 15) is 14.7 Å². The van der Waals surface area contributed by atoms with Gasteiger partial charge in [0.1, 0.15) is 11.9 Å². The number of carboxylic acids is 1. The lowest BCUT2D eigenvalue weighted by atomic mass is 9.32. The van der Waals surface area contributed by atoms with Gasteiger partial charge in [-0.05, 0) is 159 Å². The van der Waals surface area contributed by atoms with Crippen molar-refractivity contribution < 1.29 is 24.2 Å². The molecule has 9 rings (SSSR count). The number of nitrogens with one attached hydrogen (secondary N) is 1. The number of benzene rings is 1. The van der Waals surface area contributed by atoms with Gasteiger partial charge in [-0.2, -0.15) is 0 Å². The van der Waals surface area contributed by atoms with Crippen molar-refractivity contribution in [3.63, 3.8) is 0 Å². The molecular formula is C51H70ClN3O5. The Labute approximate surface area is 363 Å². The second-order valence-corrected chi connectivity index (χ2v) is 23.4. The van der Waals surface area contributed by atoms with Crippen molar-refractivity contribution in [3.05, 3.63) is 53.5 Å². The van der Waals surface area contributed by atoms with Crippen molar-refractivity contribution in [1.82, 2.24) is 14.9 Å². The van der Waals surface area contributed by atoms with Crippen molar-refractivity contribution in [2.45, 2.75) is 151 Å². The van der Waals surface area contributed by atoms with E-state index in [-0.39, 0.29) is 57.0 Å². The minimum Gasteiger partial charge on any atom is -0.481 e. The molecule has 8 nitrogen and oxygen atoms in total. The molecular weight excluding hydrogens is 770 g/mol. The van der Waals surface area contributed by atoms with Gasteiger partial charge in [0.05, 0.1) is 35.2 Å². The first-order chi connectivity index (χ1) is 28.2. The molecule has 2 heterocycles. The van der Waals surface area contributed by atoms with Crippen molar-refractivity contribution in [1.29, 1.82) is 0 Å². The Hall–Kier alpha value is -3.13. The number of aliphatic carboxylic acids is 1. The summed E-state index contributed by atoms with van der Waals surface area (Å²) in [7, 11) is 0. The number of halogens is 1. The molecule has 1 aliphatic heterocycles. The number of aromatic amines is 1. The van der Waals surface area contributed by atoms with Crippen LogP contribution in [-0.4, -0.2) is 50.5 Å². The second kappa shape index (κ2) is 14.2. The van der Waals surface area contributed by atoms with Gasteiger partial charge in [0.15, 0.2) is 0 Å². The molecule has 1 aromatic heterocycles. The zero-order chi connectivity index (χ0) is 42.9. The predicted octanol–water partition coefficient (Wildman–Crippen LogP) is 11.7. The number of aromatic nitrogens is 2. The van der Waals surface area contributed by atoms with Gasteiger partial charge in [-0.25, -0.2) is 4.98 Å². The highest BCUT2D eigenvalue weighted by Gasteiger charge is 2.72. The van der Waals surface area contributed by atoms with Crippen LogP contribution in [-0.2, 0) is 19.1 Å². The quantitative estimate of drug-likeness (QED) is 0.212. The topological polar surface area (TPSA) is 113 Å². The molecule has 326 valence electrons. The standard InChI is InChI=1S/C51H70ClN3O5/c1-29(2)32-18-23-51(45(59)55-26-10-11-37(55)42-53-28-36(54-42)30-12-14-31(52)15-13-30)25-24-49(8)33(41(32)51)16-17-39-48(7)21-20-40(47(5,6)38(48)19-22-50(39,49)9)60-44(58)35-27-34(43(56)57)46(35,3)4/h12-15,28,32-35,37-41H,1,10-11,16-27H2,2-9H3,(H,53,54)(H,56,57)/t32-,33+,34-,35+,37-,38-,39+,40-,41+,48-,49+,50+,51-/m0/s1. The number of esters is 1. The minimum atomic E-state index is -0.820. The molecule has 9 heteroatoms. The number of likely N-dealkylation sites (tertiary alicyclic amines) is 1. The smallest absolute Gasteiger partial charge is 0.309 e. The van der Waals surface area contributed by atoms with Gasteiger partial charge in [-0.3, -0.25) is 14.4 Å². The Morgan fingerprint density at radius 1 is 0.850 bits per heavy atom. The van der Waals surface area contributed by atoms with Crippen LogP contribution in [0.5, 0.6) is 0 Å². The third-order valence-corrected chi connectivity index (χ3v) is 20.4. The number of hydrogen-bond acceptors (Lipinski definition) is 5. The number of amides is 1. The molecule has 0 radical (unpaired) electrons. The predicted molar refractivity (Wildman–Crippen MR) is 235 cm³/mol. The van der Waals surface area contributed by atoms with Crippen LogP contribution in [0, 0.1) is 73.9 Å². The summed E-state index contributed by atoms with van der Waals surface area (Å²) >= 11 is 6.19. The number of allylic oxidation sites excluding steroid dienone is 1.